The molecule has 0 aliphatic rings. The van der Waals surface area contributed by atoms with Crippen molar-refractivity contribution >= 4 is 11.6 Å². The molecule has 3 nitrogen and oxygen atoms in total. The van der Waals surface area contributed by atoms with Crippen molar-refractivity contribution in [2.24, 2.45) is 0 Å². The highest BCUT2D eigenvalue weighted by Crippen LogP contribution is 2.32. The lowest BCUT2D eigenvalue weighted by Crippen LogP contribution is -2.33. The molecular weight excluding hydrogens is 243 g/mol. The van der Waals surface area contributed by atoms with Crippen LogP contribution in [0.4, 0.5) is 24.8 Å². The molecule has 1 rings (SSSR count). The monoisotopic (exact) mass is 261 g/mol. The van der Waals surface area contributed by atoms with Crippen LogP contribution in [0.3, 0.4) is 0 Å². The molecule has 6 heteroatoms. The number of alkyl halides is 3. The van der Waals surface area contributed by atoms with Gasteiger partial charge in [0, 0.05) is 12.6 Å². The number of pyridine rings is 1. The van der Waals surface area contributed by atoms with Crippen molar-refractivity contribution in [3.63, 3.8) is 0 Å². The zero-order valence-corrected chi connectivity index (χ0v) is 10.8. The zero-order valence-electron chi connectivity index (χ0n) is 10.8. The van der Waals surface area contributed by atoms with Gasteiger partial charge in [-0.05, 0) is 32.4 Å². The SMILES string of the molecule is CCC(C)N(CC)c1cc(C(F)(F)F)cc(N)n1. The molecule has 0 bridgehead atoms. The number of aromatic nitrogens is 1. The van der Waals surface area contributed by atoms with E-state index in [9.17, 15) is 13.2 Å². The first-order valence-electron chi connectivity index (χ1n) is 5.91. The number of hydrogen-bond acceptors (Lipinski definition) is 3. The molecule has 2 N–H and O–H groups in total. The molecule has 1 aromatic heterocycles. The number of rotatable bonds is 4. The summed E-state index contributed by atoms with van der Waals surface area (Å²) in [6.07, 6.45) is -3.58. The molecule has 102 valence electrons. The van der Waals surface area contributed by atoms with E-state index >= 15 is 0 Å². The summed E-state index contributed by atoms with van der Waals surface area (Å²) >= 11 is 0. The van der Waals surface area contributed by atoms with Crippen LogP contribution in [0, 0.1) is 0 Å². The van der Waals surface area contributed by atoms with Gasteiger partial charge >= 0.3 is 6.18 Å². The van der Waals surface area contributed by atoms with Gasteiger partial charge in [0.25, 0.3) is 0 Å². The van der Waals surface area contributed by atoms with Gasteiger partial charge in [-0.25, -0.2) is 4.98 Å². The molecule has 1 heterocycles. The van der Waals surface area contributed by atoms with Gasteiger partial charge in [-0.3, -0.25) is 0 Å². The molecule has 0 aromatic carbocycles. The van der Waals surface area contributed by atoms with Gasteiger partial charge < -0.3 is 10.6 Å². The second-order valence-electron chi connectivity index (χ2n) is 4.18. The fourth-order valence-electron chi connectivity index (χ4n) is 1.77. The minimum absolute atomic E-state index is 0.110. The minimum Gasteiger partial charge on any atom is -0.384 e. The van der Waals surface area contributed by atoms with Crippen molar-refractivity contribution in [3.8, 4) is 0 Å². The van der Waals surface area contributed by atoms with Crippen LogP contribution < -0.4 is 10.6 Å². The van der Waals surface area contributed by atoms with E-state index in [0.29, 0.717) is 6.54 Å². The van der Waals surface area contributed by atoms with E-state index in [1.807, 2.05) is 25.7 Å². The smallest absolute Gasteiger partial charge is 0.384 e. The van der Waals surface area contributed by atoms with E-state index in [-0.39, 0.29) is 17.7 Å². The molecule has 1 unspecified atom stereocenters. The summed E-state index contributed by atoms with van der Waals surface area (Å²) in [6.45, 7) is 6.39. The van der Waals surface area contributed by atoms with Crippen LogP contribution in [0.25, 0.3) is 0 Å². The molecule has 18 heavy (non-hydrogen) atoms. The first kappa shape index (κ1) is 14.6. The van der Waals surface area contributed by atoms with Crippen LogP contribution in [-0.2, 0) is 6.18 Å². The quantitative estimate of drug-likeness (QED) is 0.904. The maximum Gasteiger partial charge on any atom is 0.416 e. The molecule has 1 atom stereocenters. The minimum atomic E-state index is -4.40. The van der Waals surface area contributed by atoms with E-state index in [4.69, 9.17) is 5.73 Å². The lowest BCUT2D eigenvalue weighted by Gasteiger charge is -2.29. The highest BCUT2D eigenvalue weighted by molar-refractivity contribution is 5.49. The van der Waals surface area contributed by atoms with E-state index in [0.717, 1.165) is 18.6 Å². The summed E-state index contributed by atoms with van der Waals surface area (Å²) in [6, 6.07) is 2.02. The summed E-state index contributed by atoms with van der Waals surface area (Å²) < 4.78 is 38.1. The molecule has 0 amide bonds. The van der Waals surface area contributed by atoms with Crippen molar-refractivity contribution in [1.82, 2.24) is 4.98 Å². The van der Waals surface area contributed by atoms with Crippen LogP contribution in [0.2, 0.25) is 0 Å². The molecule has 0 fully saturated rings. The van der Waals surface area contributed by atoms with Gasteiger partial charge in [0.15, 0.2) is 0 Å². The number of hydrogen-bond donors (Lipinski definition) is 1. The van der Waals surface area contributed by atoms with Crippen molar-refractivity contribution in [2.45, 2.75) is 39.4 Å². The topological polar surface area (TPSA) is 42.1 Å². The Morgan fingerprint density at radius 3 is 2.39 bits per heavy atom. The molecule has 0 saturated heterocycles. The van der Waals surface area contributed by atoms with Crippen molar-refractivity contribution in [2.75, 3.05) is 17.2 Å². The fraction of sp³-hybridized carbons (Fsp3) is 0.583. The lowest BCUT2D eigenvalue weighted by molar-refractivity contribution is -0.137. The summed E-state index contributed by atoms with van der Waals surface area (Å²) in [4.78, 5) is 5.80. The highest BCUT2D eigenvalue weighted by Gasteiger charge is 2.32. The van der Waals surface area contributed by atoms with Crippen molar-refractivity contribution in [1.29, 1.82) is 0 Å². The predicted molar refractivity (Wildman–Crippen MR) is 66.4 cm³/mol. The average Bonchev–Trinajstić information content (AvgIpc) is 2.27. The average molecular weight is 261 g/mol. The van der Waals surface area contributed by atoms with E-state index < -0.39 is 11.7 Å². The van der Waals surface area contributed by atoms with E-state index in [1.165, 1.54) is 0 Å². The Morgan fingerprint density at radius 1 is 1.33 bits per heavy atom. The third kappa shape index (κ3) is 3.27. The highest BCUT2D eigenvalue weighted by atomic mass is 19.4. The number of nitrogens with zero attached hydrogens (tertiary/aromatic N) is 2. The van der Waals surface area contributed by atoms with E-state index in [1.54, 1.807) is 0 Å². The molecule has 0 saturated carbocycles. The third-order valence-corrected chi connectivity index (χ3v) is 2.92. The van der Waals surface area contributed by atoms with Gasteiger partial charge in [0.2, 0.25) is 0 Å². The summed E-state index contributed by atoms with van der Waals surface area (Å²) in [5, 5.41) is 0. The second-order valence-corrected chi connectivity index (χ2v) is 4.18. The molecule has 1 aromatic rings. The van der Waals surface area contributed by atoms with E-state index in [2.05, 4.69) is 4.98 Å². The molecular formula is C12H18F3N3. The third-order valence-electron chi connectivity index (χ3n) is 2.92. The van der Waals surface area contributed by atoms with Gasteiger partial charge in [-0.2, -0.15) is 13.2 Å². The maximum atomic E-state index is 12.7. The molecule has 0 radical (unpaired) electrons. The first-order chi connectivity index (χ1) is 8.29. The first-order valence-corrected chi connectivity index (χ1v) is 5.91. The maximum absolute atomic E-state index is 12.7. The molecule has 0 spiro atoms. The summed E-state index contributed by atoms with van der Waals surface area (Å²) in [5.41, 5.74) is 4.69. The number of anilines is 2. The van der Waals surface area contributed by atoms with Crippen LogP contribution in [0.15, 0.2) is 12.1 Å². The van der Waals surface area contributed by atoms with Crippen LogP contribution in [-0.4, -0.2) is 17.6 Å². The lowest BCUT2D eigenvalue weighted by atomic mass is 10.2. The number of halogens is 3. The Bertz CT molecular complexity index is 404. The Balaban J connectivity index is 3.20. The van der Waals surface area contributed by atoms with Crippen LogP contribution in [0.1, 0.15) is 32.8 Å². The largest absolute Gasteiger partial charge is 0.416 e. The predicted octanol–water partition coefficient (Wildman–Crippen LogP) is 3.31. The van der Waals surface area contributed by atoms with Crippen LogP contribution >= 0.6 is 0 Å². The Labute approximate surface area is 105 Å². The molecule has 0 aliphatic carbocycles. The van der Waals surface area contributed by atoms with Crippen molar-refractivity contribution in [3.05, 3.63) is 17.7 Å². The summed E-state index contributed by atoms with van der Waals surface area (Å²) in [5.74, 6) is 0.167. The Morgan fingerprint density at radius 2 is 1.94 bits per heavy atom. The van der Waals surface area contributed by atoms with Gasteiger partial charge in [0.05, 0.1) is 5.56 Å². The zero-order chi connectivity index (χ0) is 13.9. The number of nitrogen functional groups attached to an aromatic ring is 1. The fourth-order valence-corrected chi connectivity index (χ4v) is 1.77. The van der Waals surface area contributed by atoms with Gasteiger partial charge in [0.1, 0.15) is 11.6 Å². The van der Waals surface area contributed by atoms with Crippen LogP contribution in [0.5, 0.6) is 0 Å². The normalized spacial score (nSPS) is 13.4. The Hall–Kier alpha value is -1.46. The second kappa shape index (κ2) is 5.46. The van der Waals surface area contributed by atoms with Gasteiger partial charge in [-0.15, -0.1) is 0 Å². The number of nitrogens with two attached hydrogens (primary N) is 1. The summed E-state index contributed by atoms with van der Waals surface area (Å²) in [7, 11) is 0. The van der Waals surface area contributed by atoms with Crippen molar-refractivity contribution < 1.29 is 13.2 Å². The molecule has 0 aliphatic heterocycles. The Kier molecular flexibility index (Phi) is 4.43. The standard InChI is InChI=1S/C12H18F3N3/c1-4-8(3)18(5-2)11-7-9(12(13,14)15)6-10(16)17-11/h6-8H,4-5H2,1-3H3,(H2,16,17). The van der Waals surface area contributed by atoms with Gasteiger partial charge in [-0.1, -0.05) is 6.92 Å².